The van der Waals surface area contributed by atoms with Crippen LogP contribution < -0.4 is 0 Å². The summed E-state index contributed by atoms with van der Waals surface area (Å²) in [5, 5.41) is 4.18. The molecule has 0 saturated carbocycles. The molecule has 1 heterocycles. The van der Waals surface area contributed by atoms with E-state index in [1.54, 1.807) is 24.1 Å². The number of halogens is 2. The fourth-order valence-electron chi connectivity index (χ4n) is 1.71. The molecule has 1 aromatic carbocycles. The topological polar surface area (TPSA) is 44.1 Å². The quantitative estimate of drug-likeness (QED) is 0.739. The van der Waals surface area contributed by atoms with Gasteiger partial charge in [-0.1, -0.05) is 28.1 Å². The largest absolute Gasteiger partial charge is 0.383 e. The smallest absolute Gasteiger partial charge is 0.213 e. The van der Waals surface area contributed by atoms with Crippen molar-refractivity contribution in [3.05, 3.63) is 50.7 Å². The van der Waals surface area contributed by atoms with E-state index in [0.717, 1.165) is 4.47 Å². The minimum Gasteiger partial charge on any atom is -0.383 e. The number of rotatable bonds is 5. The number of nitrogens with zero attached hydrogens (tertiary/aromatic N) is 2. The molecule has 100 valence electrons. The van der Waals surface area contributed by atoms with Crippen LogP contribution in [0.4, 0.5) is 0 Å². The van der Waals surface area contributed by atoms with Gasteiger partial charge in [0.05, 0.1) is 23.8 Å². The molecule has 0 fully saturated rings. The first kappa shape index (κ1) is 14.4. The Morgan fingerprint density at radius 1 is 1.32 bits per heavy atom. The van der Waals surface area contributed by atoms with E-state index in [1.807, 2.05) is 18.2 Å². The van der Waals surface area contributed by atoms with Crippen molar-refractivity contribution in [1.29, 1.82) is 0 Å². The van der Waals surface area contributed by atoms with E-state index in [9.17, 15) is 4.79 Å². The highest BCUT2D eigenvalue weighted by atomic mass is 79.9. The zero-order valence-electron chi connectivity index (χ0n) is 10.3. The van der Waals surface area contributed by atoms with E-state index in [-0.39, 0.29) is 5.78 Å². The van der Waals surface area contributed by atoms with Gasteiger partial charge in [-0.3, -0.25) is 9.48 Å². The number of ketones is 1. The van der Waals surface area contributed by atoms with Gasteiger partial charge in [-0.2, -0.15) is 5.10 Å². The number of carbonyl (C=O) groups excluding carboxylic acids is 1. The van der Waals surface area contributed by atoms with Crippen molar-refractivity contribution in [1.82, 2.24) is 9.78 Å². The van der Waals surface area contributed by atoms with Crippen molar-refractivity contribution in [2.45, 2.75) is 6.54 Å². The van der Waals surface area contributed by atoms with Crippen LogP contribution in [0.15, 0.2) is 39.4 Å². The van der Waals surface area contributed by atoms with Gasteiger partial charge in [-0.05, 0) is 28.1 Å². The summed E-state index contributed by atoms with van der Waals surface area (Å²) in [6.07, 6.45) is 1.62. The fraction of sp³-hybridized carbons (Fsp3) is 0.231. The Hall–Kier alpha value is -0.980. The molecule has 0 spiro atoms. The van der Waals surface area contributed by atoms with Crippen molar-refractivity contribution in [3.63, 3.8) is 0 Å². The molecule has 1 aromatic heterocycles. The van der Waals surface area contributed by atoms with E-state index in [4.69, 9.17) is 4.74 Å². The normalized spacial score (nSPS) is 10.7. The third-order valence-electron chi connectivity index (χ3n) is 2.64. The standard InChI is InChI=1S/C13H12Br2N2O2/c1-19-7-6-17-12(11(15)8-16-17)13(18)9-4-2-3-5-10(9)14/h2-5,8H,6-7H2,1H3. The Bertz CT molecular complexity index is 596. The molecule has 0 bridgehead atoms. The van der Waals surface area contributed by atoms with Gasteiger partial charge in [-0.15, -0.1) is 0 Å². The minimum atomic E-state index is -0.0760. The molecule has 6 heteroatoms. The lowest BCUT2D eigenvalue weighted by atomic mass is 10.1. The van der Waals surface area contributed by atoms with Gasteiger partial charge in [0.1, 0.15) is 5.69 Å². The SMILES string of the molecule is COCCn1ncc(Br)c1C(=O)c1ccccc1Br. The van der Waals surface area contributed by atoms with Crippen LogP contribution in [0.1, 0.15) is 16.1 Å². The summed E-state index contributed by atoms with van der Waals surface area (Å²) in [6, 6.07) is 7.34. The summed E-state index contributed by atoms with van der Waals surface area (Å²) < 4.78 is 8.13. The Labute approximate surface area is 128 Å². The number of benzene rings is 1. The highest BCUT2D eigenvalue weighted by Crippen LogP contribution is 2.24. The molecule has 0 unspecified atom stereocenters. The van der Waals surface area contributed by atoms with E-state index in [2.05, 4.69) is 37.0 Å². The maximum Gasteiger partial charge on any atom is 0.213 e. The van der Waals surface area contributed by atoms with Crippen LogP contribution in [-0.2, 0) is 11.3 Å². The third-order valence-corrected chi connectivity index (χ3v) is 3.91. The minimum absolute atomic E-state index is 0.0760. The Morgan fingerprint density at radius 3 is 2.74 bits per heavy atom. The first-order valence-electron chi connectivity index (χ1n) is 5.64. The van der Waals surface area contributed by atoms with Gasteiger partial charge in [-0.25, -0.2) is 0 Å². The summed E-state index contributed by atoms with van der Waals surface area (Å²) in [7, 11) is 1.62. The summed E-state index contributed by atoms with van der Waals surface area (Å²) in [4.78, 5) is 12.6. The predicted octanol–water partition coefficient (Wildman–Crippen LogP) is 3.29. The number of aromatic nitrogens is 2. The molecule has 0 amide bonds. The molecule has 0 radical (unpaired) electrons. The summed E-state index contributed by atoms with van der Waals surface area (Å²) in [5.74, 6) is -0.0760. The molecular weight excluding hydrogens is 376 g/mol. The second kappa shape index (κ2) is 6.45. The molecule has 0 aliphatic rings. The summed E-state index contributed by atoms with van der Waals surface area (Å²) >= 11 is 6.76. The van der Waals surface area contributed by atoms with Crippen LogP contribution in [0, 0.1) is 0 Å². The molecule has 0 saturated heterocycles. The summed E-state index contributed by atoms with van der Waals surface area (Å²) in [5.41, 5.74) is 1.14. The number of methoxy groups -OCH3 is 1. The van der Waals surface area contributed by atoms with Crippen LogP contribution in [0.25, 0.3) is 0 Å². The molecule has 0 aliphatic heterocycles. The molecular formula is C13H12Br2N2O2. The van der Waals surface area contributed by atoms with E-state index in [1.165, 1.54) is 0 Å². The van der Waals surface area contributed by atoms with Gasteiger partial charge in [0.25, 0.3) is 0 Å². The van der Waals surface area contributed by atoms with Crippen LogP contribution >= 0.6 is 31.9 Å². The maximum absolute atomic E-state index is 12.6. The lowest BCUT2D eigenvalue weighted by Crippen LogP contribution is -2.15. The molecule has 0 aliphatic carbocycles. The van der Waals surface area contributed by atoms with Crippen LogP contribution in [-0.4, -0.2) is 29.3 Å². The van der Waals surface area contributed by atoms with E-state index in [0.29, 0.717) is 28.9 Å². The average Bonchev–Trinajstić information content (AvgIpc) is 2.77. The molecule has 0 atom stereocenters. The van der Waals surface area contributed by atoms with E-state index >= 15 is 0 Å². The molecule has 2 aromatic rings. The van der Waals surface area contributed by atoms with Crippen LogP contribution in [0.3, 0.4) is 0 Å². The monoisotopic (exact) mass is 386 g/mol. The predicted molar refractivity (Wildman–Crippen MR) is 79.4 cm³/mol. The zero-order valence-corrected chi connectivity index (χ0v) is 13.4. The first-order valence-corrected chi connectivity index (χ1v) is 7.23. The maximum atomic E-state index is 12.6. The lowest BCUT2D eigenvalue weighted by molar-refractivity contribution is 0.102. The molecule has 4 nitrogen and oxygen atoms in total. The Balaban J connectivity index is 2.39. The highest BCUT2D eigenvalue weighted by Gasteiger charge is 2.20. The highest BCUT2D eigenvalue weighted by molar-refractivity contribution is 9.10. The van der Waals surface area contributed by atoms with Gasteiger partial charge in [0, 0.05) is 17.1 Å². The number of carbonyl (C=O) groups is 1. The molecule has 2 rings (SSSR count). The van der Waals surface area contributed by atoms with Crippen LogP contribution in [0.2, 0.25) is 0 Å². The Morgan fingerprint density at radius 2 is 2.05 bits per heavy atom. The first-order chi connectivity index (χ1) is 9.15. The van der Waals surface area contributed by atoms with Gasteiger partial charge < -0.3 is 4.74 Å². The second-order valence-corrected chi connectivity index (χ2v) is 5.57. The molecule has 19 heavy (non-hydrogen) atoms. The molecule has 0 N–H and O–H groups in total. The van der Waals surface area contributed by atoms with Crippen molar-refractivity contribution >= 4 is 37.6 Å². The van der Waals surface area contributed by atoms with Gasteiger partial charge >= 0.3 is 0 Å². The third kappa shape index (κ3) is 3.13. The average molecular weight is 388 g/mol. The van der Waals surface area contributed by atoms with E-state index < -0.39 is 0 Å². The zero-order chi connectivity index (χ0) is 13.8. The van der Waals surface area contributed by atoms with Crippen molar-refractivity contribution in [3.8, 4) is 0 Å². The fourth-order valence-corrected chi connectivity index (χ4v) is 2.65. The van der Waals surface area contributed by atoms with Gasteiger partial charge in [0.2, 0.25) is 5.78 Å². The number of hydrogen-bond donors (Lipinski definition) is 0. The Kier molecular flexibility index (Phi) is 4.90. The number of hydrogen-bond acceptors (Lipinski definition) is 3. The van der Waals surface area contributed by atoms with Crippen molar-refractivity contribution in [2.24, 2.45) is 0 Å². The summed E-state index contributed by atoms with van der Waals surface area (Å²) in [6.45, 7) is 1.04. The van der Waals surface area contributed by atoms with Crippen molar-refractivity contribution < 1.29 is 9.53 Å². The van der Waals surface area contributed by atoms with Gasteiger partial charge in [0.15, 0.2) is 0 Å². The second-order valence-electron chi connectivity index (χ2n) is 3.87. The van der Waals surface area contributed by atoms with Crippen LogP contribution in [0.5, 0.6) is 0 Å². The lowest BCUT2D eigenvalue weighted by Gasteiger charge is -2.08. The van der Waals surface area contributed by atoms with Crippen molar-refractivity contribution in [2.75, 3.05) is 13.7 Å². The number of ether oxygens (including phenoxy) is 1.